The number of carbonyl (C=O) groups excluding carboxylic acids is 3. The topological polar surface area (TPSA) is 131 Å². The van der Waals surface area contributed by atoms with E-state index in [-0.39, 0.29) is 50.1 Å². The van der Waals surface area contributed by atoms with Crippen LogP contribution in [0.3, 0.4) is 0 Å². The monoisotopic (exact) mass is 581 g/mol. The van der Waals surface area contributed by atoms with Crippen molar-refractivity contribution < 1.29 is 23.9 Å². The number of aromatic nitrogens is 4. The van der Waals surface area contributed by atoms with Crippen molar-refractivity contribution in [1.29, 1.82) is 0 Å². The fourth-order valence-corrected chi connectivity index (χ4v) is 5.14. The minimum Gasteiger partial charge on any atom is -0.471 e. The molecule has 4 aromatic rings. The first kappa shape index (κ1) is 27.0. The highest BCUT2D eigenvalue weighted by Gasteiger charge is 2.38. The summed E-state index contributed by atoms with van der Waals surface area (Å²) in [5.41, 5.74) is 3.91. The zero-order valence-electron chi connectivity index (χ0n) is 23.5. The number of nitrogens with zero attached hydrogens (tertiary/aromatic N) is 6. The Bertz CT molecular complexity index is 1680. The number of ether oxygens (including phenoxy) is 2. The van der Waals surface area contributed by atoms with Gasteiger partial charge in [-0.3, -0.25) is 19.4 Å². The highest BCUT2D eigenvalue weighted by Crippen LogP contribution is 2.42. The molecule has 0 unspecified atom stereocenters. The maximum Gasteiger partial charge on any atom is 0.331 e. The van der Waals surface area contributed by atoms with Gasteiger partial charge in [-0.25, -0.2) is 19.7 Å². The Kier molecular flexibility index (Phi) is 7.19. The number of imide groups is 1. The van der Waals surface area contributed by atoms with Crippen molar-refractivity contribution in [3.63, 3.8) is 0 Å². The predicted molar refractivity (Wildman–Crippen MR) is 155 cm³/mol. The molecule has 0 bridgehead atoms. The van der Waals surface area contributed by atoms with Gasteiger partial charge in [-0.2, -0.15) is 0 Å². The van der Waals surface area contributed by atoms with Crippen molar-refractivity contribution in [3.05, 3.63) is 78.0 Å². The van der Waals surface area contributed by atoms with Crippen LogP contribution in [-0.4, -0.2) is 61.8 Å². The average Bonchev–Trinajstić information content (AvgIpc) is 3.95. The van der Waals surface area contributed by atoms with Gasteiger partial charge >= 0.3 is 6.03 Å². The van der Waals surface area contributed by atoms with E-state index in [1.807, 2.05) is 53.2 Å². The molecular formula is C31H31N7O5. The molecule has 1 N–H and O–H groups in total. The van der Waals surface area contributed by atoms with Crippen molar-refractivity contribution in [2.75, 3.05) is 29.9 Å². The van der Waals surface area contributed by atoms with Crippen LogP contribution in [0.15, 0.2) is 61.2 Å². The molecule has 0 spiro atoms. The van der Waals surface area contributed by atoms with Crippen LogP contribution >= 0.6 is 0 Å². The third-order valence-electron chi connectivity index (χ3n) is 7.78. The second-order valence-corrected chi connectivity index (χ2v) is 11.1. The van der Waals surface area contributed by atoms with E-state index in [2.05, 4.69) is 15.3 Å². The van der Waals surface area contributed by atoms with Crippen LogP contribution in [0.5, 0.6) is 5.88 Å². The van der Waals surface area contributed by atoms with Gasteiger partial charge in [0, 0.05) is 24.4 Å². The Morgan fingerprint density at radius 2 is 1.84 bits per heavy atom. The first-order valence-corrected chi connectivity index (χ1v) is 14.5. The third-order valence-corrected chi connectivity index (χ3v) is 7.78. The third kappa shape index (κ3) is 6.05. The fourth-order valence-electron chi connectivity index (χ4n) is 5.14. The Balaban J connectivity index is 1.05. The van der Waals surface area contributed by atoms with E-state index in [9.17, 15) is 14.4 Å². The molecular weight excluding hydrogens is 550 g/mol. The van der Waals surface area contributed by atoms with Crippen LogP contribution < -0.4 is 15.0 Å². The van der Waals surface area contributed by atoms with E-state index in [1.54, 1.807) is 6.07 Å². The molecule has 1 aliphatic heterocycles. The van der Waals surface area contributed by atoms with E-state index in [0.29, 0.717) is 41.3 Å². The number of fused-ring (bicyclic) bond motifs is 1. The normalized spacial score (nSPS) is 16.7. The number of benzene rings is 1. The minimum absolute atomic E-state index is 0.0442. The molecule has 7 rings (SSSR count). The van der Waals surface area contributed by atoms with Gasteiger partial charge in [0.05, 0.1) is 31.1 Å². The van der Waals surface area contributed by atoms with Gasteiger partial charge in [0.15, 0.2) is 5.65 Å². The molecule has 4 heterocycles. The van der Waals surface area contributed by atoms with Gasteiger partial charge in [0.2, 0.25) is 11.8 Å². The van der Waals surface area contributed by atoms with Crippen LogP contribution in [-0.2, 0) is 27.5 Å². The van der Waals surface area contributed by atoms with Gasteiger partial charge in [-0.1, -0.05) is 30.3 Å². The van der Waals surface area contributed by atoms with Crippen molar-refractivity contribution in [1.82, 2.24) is 24.3 Å². The smallest absolute Gasteiger partial charge is 0.331 e. The molecule has 3 fully saturated rings. The zero-order chi connectivity index (χ0) is 29.3. The second-order valence-electron chi connectivity index (χ2n) is 11.1. The SMILES string of the molecule is O=C(Nc1cc(OCc2cn3cc(C4CC4)cc(N4CC(=O)N(CCOCc5ccccc5)C4=O)c3n2)ncn1)C1CC1. The minimum atomic E-state index is -0.384. The number of amides is 4. The van der Waals surface area contributed by atoms with E-state index in [4.69, 9.17) is 14.5 Å². The van der Waals surface area contributed by atoms with Gasteiger partial charge in [-0.15, -0.1) is 0 Å². The largest absolute Gasteiger partial charge is 0.471 e. The molecule has 12 nitrogen and oxygen atoms in total. The summed E-state index contributed by atoms with van der Waals surface area (Å²) in [5, 5.41) is 2.79. The van der Waals surface area contributed by atoms with Crippen molar-refractivity contribution >= 4 is 35.0 Å². The number of nitrogens with one attached hydrogen (secondary N) is 1. The van der Waals surface area contributed by atoms with Crippen LogP contribution in [0.4, 0.5) is 16.3 Å². The Morgan fingerprint density at radius 1 is 1.00 bits per heavy atom. The molecule has 43 heavy (non-hydrogen) atoms. The number of anilines is 2. The number of carbonyl (C=O) groups is 3. The summed E-state index contributed by atoms with van der Waals surface area (Å²) < 4.78 is 13.5. The van der Waals surface area contributed by atoms with Gasteiger partial charge in [-0.05, 0) is 48.8 Å². The number of hydrogen-bond acceptors (Lipinski definition) is 8. The Labute approximate surface area is 247 Å². The maximum atomic E-state index is 13.5. The second kappa shape index (κ2) is 11.4. The van der Waals surface area contributed by atoms with Crippen LogP contribution in [0.2, 0.25) is 0 Å². The molecule has 1 saturated heterocycles. The lowest BCUT2D eigenvalue weighted by atomic mass is 10.1. The number of pyridine rings is 1. The summed E-state index contributed by atoms with van der Waals surface area (Å²) in [6, 6.07) is 12.9. The maximum absolute atomic E-state index is 13.5. The first-order valence-electron chi connectivity index (χ1n) is 14.5. The standard InChI is InChI=1S/C31H31N7O5/c39-28-16-38(31(41)37(28)10-11-42-17-20-4-2-1-3-5-20)25-12-23(21-6-7-21)14-36-15-24(34-29(25)36)18-43-27-13-26(32-19-33-27)35-30(40)22-8-9-22/h1-5,12-15,19,21-22H,6-11,16-18H2,(H,32,33,35,40). The molecule has 3 aliphatic rings. The quantitative estimate of drug-likeness (QED) is 0.197. The molecule has 4 amide bonds. The fraction of sp³-hybridized carbons (Fsp3) is 0.355. The molecule has 1 aromatic carbocycles. The molecule has 0 atom stereocenters. The first-order chi connectivity index (χ1) is 21.0. The molecule has 12 heteroatoms. The van der Waals surface area contributed by atoms with Gasteiger partial charge < -0.3 is 19.2 Å². The summed E-state index contributed by atoms with van der Waals surface area (Å²) in [6.07, 6.45) is 9.20. The van der Waals surface area contributed by atoms with Crippen LogP contribution in [0, 0.1) is 5.92 Å². The Hall–Kier alpha value is -4.84. The molecule has 2 aliphatic carbocycles. The van der Waals surface area contributed by atoms with E-state index >= 15 is 0 Å². The Morgan fingerprint density at radius 3 is 2.63 bits per heavy atom. The van der Waals surface area contributed by atoms with E-state index < -0.39 is 0 Å². The number of imidazole rings is 1. The van der Waals surface area contributed by atoms with Crippen LogP contribution in [0.1, 0.15) is 48.4 Å². The number of rotatable bonds is 12. The van der Waals surface area contributed by atoms with Crippen molar-refractivity contribution in [2.45, 2.75) is 44.8 Å². The average molecular weight is 582 g/mol. The molecule has 2 saturated carbocycles. The number of hydrogen-bond donors (Lipinski definition) is 1. The summed E-state index contributed by atoms with van der Waals surface area (Å²) >= 11 is 0. The zero-order valence-corrected chi connectivity index (χ0v) is 23.5. The molecule has 220 valence electrons. The van der Waals surface area contributed by atoms with Gasteiger partial charge in [0.1, 0.15) is 25.3 Å². The lowest BCUT2D eigenvalue weighted by Gasteiger charge is -2.18. The van der Waals surface area contributed by atoms with E-state index in [0.717, 1.165) is 36.8 Å². The van der Waals surface area contributed by atoms with Gasteiger partial charge in [0.25, 0.3) is 5.91 Å². The summed E-state index contributed by atoms with van der Waals surface area (Å²) in [7, 11) is 0. The predicted octanol–water partition coefficient (Wildman–Crippen LogP) is 3.91. The lowest BCUT2D eigenvalue weighted by Crippen LogP contribution is -2.35. The summed E-state index contributed by atoms with van der Waals surface area (Å²) in [4.78, 5) is 54.2. The summed E-state index contributed by atoms with van der Waals surface area (Å²) in [5.74, 6) is 0.864. The number of urea groups is 1. The molecule has 3 aromatic heterocycles. The lowest BCUT2D eigenvalue weighted by molar-refractivity contribution is -0.125. The van der Waals surface area contributed by atoms with Crippen molar-refractivity contribution in [2.24, 2.45) is 5.92 Å². The highest BCUT2D eigenvalue weighted by molar-refractivity contribution is 6.13. The van der Waals surface area contributed by atoms with E-state index in [1.165, 1.54) is 16.1 Å². The molecule has 0 radical (unpaired) electrons. The van der Waals surface area contributed by atoms with Crippen molar-refractivity contribution in [3.8, 4) is 5.88 Å². The van der Waals surface area contributed by atoms with Crippen LogP contribution in [0.25, 0.3) is 5.65 Å². The highest BCUT2D eigenvalue weighted by atomic mass is 16.5. The summed E-state index contributed by atoms with van der Waals surface area (Å²) in [6.45, 7) is 0.892.